The quantitative estimate of drug-likeness (QED) is 0.536. The van der Waals surface area contributed by atoms with Crippen molar-refractivity contribution < 1.29 is 9.47 Å². The molecule has 104 valence electrons. The highest BCUT2D eigenvalue weighted by Gasteiger charge is 2.22. The lowest BCUT2D eigenvalue weighted by atomic mass is 9.82. The molecule has 17 heavy (non-hydrogen) atoms. The van der Waals surface area contributed by atoms with Gasteiger partial charge in [0.1, 0.15) is 0 Å². The monoisotopic (exact) mass is 245 g/mol. The molecular weight excluding hydrogens is 214 g/mol. The number of hydrogen-bond acceptors (Lipinski definition) is 3. The summed E-state index contributed by atoms with van der Waals surface area (Å²) in [6.45, 7) is 11.3. The Morgan fingerprint density at radius 1 is 1.00 bits per heavy atom. The molecule has 0 aromatic heterocycles. The summed E-state index contributed by atoms with van der Waals surface area (Å²) in [6, 6.07) is 0. The van der Waals surface area contributed by atoms with Crippen molar-refractivity contribution in [2.24, 2.45) is 5.41 Å². The highest BCUT2D eigenvalue weighted by atomic mass is 16.5. The van der Waals surface area contributed by atoms with Crippen molar-refractivity contribution in [3.05, 3.63) is 0 Å². The third-order valence-corrected chi connectivity index (χ3v) is 3.09. The van der Waals surface area contributed by atoms with Gasteiger partial charge < -0.3 is 14.8 Å². The zero-order chi connectivity index (χ0) is 13.0. The normalized spacial score (nSPS) is 14.8. The number of ether oxygens (including phenoxy) is 2. The van der Waals surface area contributed by atoms with Crippen LogP contribution in [0.15, 0.2) is 0 Å². The fourth-order valence-corrected chi connectivity index (χ4v) is 2.03. The van der Waals surface area contributed by atoms with Gasteiger partial charge in [-0.05, 0) is 24.7 Å². The van der Waals surface area contributed by atoms with Crippen LogP contribution in [0.25, 0.3) is 0 Å². The molecule has 1 N–H and O–H groups in total. The molecule has 0 heterocycles. The van der Waals surface area contributed by atoms with Gasteiger partial charge in [-0.15, -0.1) is 0 Å². The Morgan fingerprint density at radius 3 is 2.35 bits per heavy atom. The largest absolute Gasteiger partial charge is 0.383 e. The van der Waals surface area contributed by atoms with Crippen LogP contribution in [0.3, 0.4) is 0 Å². The van der Waals surface area contributed by atoms with E-state index in [1.807, 2.05) is 0 Å². The first-order chi connectivity index (χ1) is 8.18. The first-order valence-electron chi connectivity index (χ1n) is 6.96. The minimum absolute atomic E-state index is 0.357. The average Bonchev–Trinajstić information content (AvgIpc) is 2.31. The predicted octanol–water partition coefficient (Wildman–Crippen LogP) is 2.85. The van der Waals surface area contributed by atoms with Gasteiger partial charge in [-0.1, -0.05) is 27.2 Å². The lowest BCUT2D eigenvalue weighted by Gasteiger charge is -2.29. The van der Waals surface area contributed by atoms with Crippen LogP contribution in [0, 0.1) is 5.41 Å². The molecule has 0 aliphatic rings. The summed E-state index contributed by atoms with van der Waals surface area (Å²) < 4.78 is 10.6. The molecule has 0 saturated carbocycles. The van der Waals surface area contributed by atoms with Crippen LogP contribution in [0.1, 0.15) is 46.5 Å². The zero-order valence-corrected chi connectivity index (χ0v) is 12.2. The first-order valence-corrected chi connectivity index (χ1v) is 6.96. The molecule has 3 nitrogen and oxygen atoms in total. The van der Waals surface area contributed by atoms with Crippen LogP contribution in [-0.2, 0) is 9.47 Å². The molecule has 0 radical (unpaired) electrons. The molecular formula is C14H31NO2. The van der Waals surface area contributed by atoms with E-state index in [9.17, 15) is 0 Å². The SMILES string of the molecule is CCCOCCC(C)(CCC)CNCCOC. The topological polar surface area (TPSA) is 30.5 Å². The van der Waals surface area contributed by atoms with Crippen LogP contribution in [-0.4, -0.2) is 40.0 Å². The van der Waals surface area contributed by atoms with Crippen molar-refractivity contribution in [2.45, 2.75) is 46.5 Å². The lowest BCUT2D eigenvalue weighted by Crippen LogP contribution is -2.34. The summed E-state index contributed by atoms with van der Waals surface area (Å²) in [6.07, 6.45) is 4.73. The number of rotatable bonds is 12. The fourth-order valence-electron chi connectivity index (χ4n) is 2.03. The van der Waals surface area contributed by atoms with E-state index in [2.05, 4.69) is 26.1 Å². The smallest absolute Gasteiger partial charge is 0.0587 e. The van der Waals surface area contributed by atoms with E-state index in [0.717, 1.165) is 45.8 Å². The maximum Gasteiger partial charge on any atom is 0.0587 e. The van der Waals surface area contributed by atoms with Gasteiger partial charge in [-0.3, -0.25) is 0 Å². The molecule has 0 saturated heterocycles. The molecule has 0 fully saturated rings. The van der Waals surface area contributed by atoms with E-state index in [1.165, 1.54) is 12.8 Å². The summed E-state index contributed by atoms with van der Waals surface area (Å²) in [5, 5.41) is 3.47. The van der Waals surface area contributed by atoms with E-state index < -0.39 is 0 Å². The van der Waals surface area contributed by atoms with Gasteiger partial charge in [0.2, 0.25) is 0 Å². The molecule has 0 amide bonds. The first kappa shape index (κ1) is 16.9. The van der Waals surface area contributed by atoms with Gasteiger partial charge in [-0.2, -0.15) is 0 Å². The van der Waals surface area contributed by atoms with Crippen LogP contribution >= 0.6 is 0 Å². The highest BCUT2D eigenvalue weighted by Crippen LogP contribution is 2.26. The van der Waals surface area contributed by atoms with E-state index in [-0.39, 0.29) is 0 Å². The van der Waals surface area contributed by atoms with E-state index in [0.29, 0.717) is 5.41 Å². The second kappa shape index (κ2) is 11.0. The Kier molecular flexibility index (Phi) is 10.9. The number of methoxy groups -OCH3 is 1. The van der Waals surface area contributed by atoms with Gasteiger partial charge in [0, 0.05) is 33.4 Å². The lowest BCUT2D eigenvalue weighted by molar-refractivity contribution is 0.0937. The fraction of sp³-hybridized carbons (Fsp3) is 1.00. The molecule has 0 aromatic rings. The maximum atomic E-state index is 5.60. The summed E-state index contributed by atoms with van der Waals surface area (Å²) in [4.78, 5) is 0. The maximum absolute atomic E-state index is 5.60. The van der Waals surface area contributed by atoms with Crippen molar-refractivity contribution in [2.75, 3.05) is 40.0 Å². The van der Waals surface area contributed by atoms with Gasteiger partial charge in [0.05, 0.1) is 6.61 Å². The third kappa shape index (κ3) is 9.57. The van der Waals surface area contributed by atoms with Gasteiger partial charge in [-0.25, -0.2) is 0 Å². The number of nitrogens with one attached hydrogen (secondary N) is 1. The van der Waals surface area contributed by atoms with E-state index in [4.69, 9.17) is 9.47 Å². The molecule has 1 unspecified atom stereocenters. The van der Waals surface area contributed by atoms with Gasteiger partial charge >= 0.3 is 0 Å². The molecule has 0 aliphatic carbocycles. The summed E-state index contributed by atoms with van der Waals surface area (Å²) >= 11 is 0. The van der Waals surface area contributed by atoms with E-state index in [1.54, 1.807) is 7.11 Å². The van der Waals surface area contributed by atoms with Crippen LogP contribution in [0.2, 0.25) is 0 Å². The minimum Gasteiger partial charge on any atom is -0.383 e. The zero-order valence-electron chi connectivity index (χ0n) is 12.2. The minimum atomic E-state index is 0.357. The second-order valence-electron chi connectivity index (χ2n) is 5.09. The van der Waals surface area contributed by atoms with Crippen molar-refractivity contribution >= 4 is 0 Å². The Hall–Kier alpha value is -0.120. The van der Waals surface area contributed by atoms with Crippen molar-refractivity contribution in [1.29, 1.82) is 0 Å². The molecule has 3 heteroatoms. The molecule has 0 aromatic carbocycles. The second-order valence-corrected chi connectivity index (χ2v) is 5.09. The molecule has 0 bridgehead atoms. The molecule has 0 rings (SSSR count). The van der Waals surface area contributed by atoms with Crippen molar-refractivity contribution in [3.8, 4) is 0 Å². The Morgan fingerprint density at radius 2 is 1.76 bits per heavy atom. The Bertz CT molecular complexity index is 150. The Labute approximate surface area is 107 Å². The standard InChI is InChI=1S/C14H31NO2/c1-5-7-14(3,8-11-17-10-6-2)13-15-9-12-16-4/h15H,5-13H2,1-4H3. The van der Waals surface area contributed by atoms with Crippen LogP contribution < -0.4 is 5.32 Å². The van der Waals surface area contributed by atoms with Gasteiger partial charge in [0.15, 0.2) is 0 Å². The van der Waals surface area contributed by atoms with Crippen LogP contribution in [0.4, 0.5) is 0 Å². The molecule has 0 aliphatic heterocycles. The Balaban J connectivity index is 3.80. The van der Waals surface area contributed by atoms with Crippen LogP contribution in [0.5, 0.6) is 0 Å². The van der Waals surface area contributed by atoms with Gasteiger partial charge in [0.25, 0.3) is 0 Å². The predicted molar refractivity (Wildman–Crippen MR) is 73.5 cm³/mol. The average molecular weight is 245 g/mol. The number of hydrogen-bond donors (Lipinski definition) is 1. The molecule has 0 spiro atoms. The summed E-state index contributed by atoms with van der Waals surface area (Å²) in [5.41, 5.74) is 0.357. The summed E-state index contributed by atoms with van der Waals surface area (Å²) in [7, 11) is 1.74. The van der Waals surface area contributed by atoms with Crippen molar-refractivity contribution in [1.82, 2.24) is 5.32 Å². The molecule has 1 atom stereocenters. The van der Waals surface area contributed by atoms with Crippen molar-refractivity contribution in [3.63, 3.8) is 0 Å². The van der Waals surface area contributed by atoms with E-state index >= 15 is 0 Å². The summed E-state index contributed by atoms with van der Waals surface area (Å²) in [5.74, 6) is 0. The highest BCUT2D eigenvalue weighted by molar-refractivity contribution is 4.76. The third-order valence-electron chi connectivity index (χ3n) is 3.09.